The predicted octanol–water partition coefficient (Wildman–Crippen LogP) is 4.25. The fourth-order valence-corrected chi connectivity index (χ4v) is 5.01. The van der Waals surface area contributed by atoms with E-state index in [0.29, 0.717) is 41.2 Å². The number of hydrogen-bond donors (Lipinski definition) is 1. The van der Waals surface area contributed by atoms with Crippen molar-refractivity contribution in [1.29, 1.82) is 0 Å². The van der Waals surface area contributed by atoms with Gasteiger partial charge in [0.05, 0.1) is 34.0 Å². The summed E-state index contributed by atoms with van der Waals surface area (Å²) in [6.45, 7) is 1.83. The molecule has 0 spiro atoms. The summed E-state index contributed by atoms with van der Waals surface area (Å²) in [6, 6.07) is 13.2. The second kappa shape index (κ2) is 9.63. The van der Waals surface area contributed by atoms with Crippen LogP contribution in [0.5, 0.6) is 17.2 Å². The highest BCUT2D eigenvalue weighted by atomic mass is 16.5. The van der Waals surface area contributed by atoms with Crippen LogP contribution < -0.4 is 19.5 Å². The predicted molar refractivity (Wildman–Crippen MR) is 127 cm³/mol. The van der Waals surface area contributed by atoms with Gasteiger partial charge in [-0.25, -0.2) is 4.79 Å². The van der Waals surface area contributed by atoms with Crippen LogP contribution in [0.15, 0.2) is 65.0 Å². The molecule has 0 radical (unpaired) electrons. The zero-order valence-electron chi connectivity index (χ0n) is 20.1. The number of ketones is 1. The van der Waals surface area contributed by atoms with Crippen molar-refractivity contribution in [2.24, 2.45) is 0 Å². The zero-order chi connectivity index (χ0) is 24.4. The van der Waals surface area contributed by atoms with Crippen LogP contribution in [-0.4, -0.2) is 40.2 Å². The lowest BCUT2D eigenvalue weighted by Crippen LogP contribution is -2.36. The molecule has 2 atom stereocenters. The normalized spacial score (nSPS) is 19.9. The van der Waals surface area contributed by atoms with Gasteiger partial charge < -0.3 is 24.3 Å². The first-order valence-electron chi connectivity index (χ1n) is 11.1. The highest BCUT2D eigenvalue weighted by Crippen LogP contribution is 2.47. The third kappa shape index (κ3) is 4.02. The van der Waals surface area contributed by atoms with E-state index in [-0.39, 0.29) is 11.7 Å². The summed E-state index contributed by atoms with van der Waals surface area (Å²) in [5, 5.41) is 3.34. The Morgan fingerprint density at radius 2 is 1.62 bits per heavy atom. The smallest absolute Gasteiger partial charge is 0.336 e. The minimum atomic E-state index is -0.574. The Balaban J connectivity index is 1.84. The van der Waals surface area contributed by atoms with Crippen molar-refractivity contribution in [3.05, 3.63) is 76.1 Å². The average Bonchev–Trinajstić information content (AvgIpc) is 2.86. The number of ether oxygens (including phenoxy) is 4. The fraction of sp³-hybridized carbons (Fsp3) is 0.333. The summed E-state index contributed by atoms with van der Waals surface area (Å²) in [4.78, 5) is 26.5. The Labute approximate surface area is 199 Å². The van der Waals surface area contributed by atoms with Crippen molar-refractivity contribution in [3.63, 3.8) is 0 Å². The van der Waals surface area contributed by atoms with E-state index in [0.717, 1.165) is 22.6 Å². The molecule has 1 heterocycles. The summed E-state index contributed by atoms with van der Waals surface area (Å²) in [5.41, 5.74) is 4.24. The van der Waals surface area contributed by atoms with Gasteiger partial charge in [0.1, 0.15) is 5.75 Å². The van der Waals surface area contributed by atoms with Crippen molar-refractivity contribution in [2.75, 3.05) is 28.4 Å². The van der Waals surface area contributed by atoms with Crippen molar-refractivity contribution >= 4 is 11.8 Å². The Kier molecular flexibility index (Phi) is 6.63. The zero-order valence-corrected chi connectivity index (χ0v) is 20.1. The van der Waals surface area contributed by atoms with E-state index >= 15 is 0 Å². The Hall–Kier alpha value is -3.74. The van der Waals surface area contributed by atoms with Crippen LogP contribution in [0.1, 0.15) is 42.7 Å². The van der Waals surface area contributed by atoms with Gasteiger partial charge in [0, 0.05) is 35.2 Å². The summed E-state index contributed by atoms with van der Waals surface area (Å²) in [7, 11) is 6.10. The molecule has 178 valence electrons. The Morgan fingerprint density at radius 1 is 0.912 bits per heavy atom. The van der Waals surface area contributed by atoms with E-state index in [1.165, 1.54) is 7.11 Å². The fourth-order valence-electron chi connectivity index (χ4n) is 5.01. The molecule has 0 saturated heterocycles. The van der Waals surface area contributed by atoms with Gasteiger partial charge in [0.2, 0.25) is 0 Å². The lowest BCUT2D eigenvalue weighted by molar-refractivity contribution is -0.136. The molecule has 0 bridgehead atoms. The van der Waals surface area contributed by atoms with Crippen LogP contribution >= 0.6 is 0 Å². The van der Waals surface area contributed by atoms with Crippen LogP contribution in [0.3, 0.4) is 0 Å². The van der Waals surface area contributed by atoms with Gasteiger partial charge in [-0.1, -0.05) is 24.3 Å². The Morgan fingerprint density at radius 3 is 2.29 bits per heavy atom. The molecule has 2 aliphatic rings. The van der Waals surface area contributed by atoms with E-state index in [1.54, 1.807) is 27.4 Å². The molecule has 7 nitrogen and oxygen atoms in total. The maximum atomic E-state index is 13.7. The second-order valence-electron chi connectivity index (χ2n) is 8.37. The molecule has 0 amide bonds. The van der Waals surface area contributed by atoms with Crippen LogP contribution in [0.25, 0.3) is 0 Å². The molecule has 0 aromatic heterocycles. The van der Waals surface area contributed by atoms with Crippen molar-refractivity contribution in [1.82, 2.24) is 5.32 Å². The van der Waals surface area contributed by atoms with Crippen LogP contribution in [0, 0.1) is 0 Å². The number of esters is 1. The molecule has 1 aliphatic heterocycles. The maximum absolute atomic E-state index is 13.7. The molecule has 34 heavy (non-hydrogen) atoms. The van der Waals surface area contributed by atoms with Gasteiger partial charge in [0.15, 0.2) is 17.3 Å². The maximum Gasteiger partial charge on any atom is 0.336 e. The number of benzene rings is 2. The van der Waals surface area contributed by atoms with Crippen LogP contribution in [-0.2, 0) is 14.3 Å². The number of carbonyl (C=O) groups is 2. The molecule has 0 saturated carbocycles. The van der Waals surface area contributed by atoms with Crippen molar-refractivity contribution < 1.29 is 28.5 Å². The monoisotopic (exact) mass is 463 g/mol. The summed E-state index contributed by atoms with van der Waals surface area (Å²) >= 11 is 0. The van der Waals surface area contributed by atoms with Crippen LogP contribution in [0.2, 0.25) is 0 Å². The van der Waals surface area contributed by atoms with E-state index < -0.39 is 11.9 Å². The van der Waals surface area contributed by atoms with Crippen molar-refractivity contribution in [2.45, 2.75) is 31.6 Å². The third-order valence-corrected chi connectivity index (χ3v) is 6.55. The highest BCUT2D eigenvalue weighted by molar-refractivity contribution is 6.04. The number of allylic oxidation sites excluding steroid dienone is 3. The molecule has 0 fully saturated rings. The van der Waals surface area contributed by atoms with Gasteiger partial charge in [-0.15, -0.1) is 0 Å². The third-order valence-electron chi connectivity index (χ3n) is 6.55. The van der Waals surface area contributed by atoms with E-state index in [2.05, 4.69) is 5.32 Å². The molecule has 0 unspecified atom stereocenters. The first-order valence-corrected chi connectivity index (χ1v) is 11.1. The number of dihydropyridines is 1. The average molecular weight is 464 g/mol. The lowest BCUT2D eigenvalue weighted by Gasteiger charge is -2.37. The van der Waals surface area contributed by atoms with E-state index in [1.807, 2.05) is 43.3 Å². The van der Waals surface area contributed by atoms with Gasteiger partial charge >= 0.3 is 5.97 Å². The topological polar surface area (TPSA) is 83.1 Å². The highest BCUT2D eigenvalue weighted by Gasteiger charge is 2.42. The number of nitrogens with one attached hydrogen (secondary N) is 1. The molecular weight excluding hydrogens is 434 g/mol. The summed E-state index contributed by atoms with van der Waals surface area (Å²) in [6.07, 6.45) is 0.940. The number of methoxy groups -OCH3 is 4. The molecule has 2 aromatic carbocycles. The number of para-hydroxylation sites is 1. The largest absolute Gasteiger partial charge is 0.496 e. The molecule has 2 aromatic rings. The van der Waals surface area contributed by atoms with Gasteiger partial charge in [0.25, 0.3) is 0 Å². The quantitative estimate of drug-likeness (QED) is 0.642. The first-order chi connectivity index (χ1) is 16.4. The summed E-state index contributed by atoms with van der Waals surface area (Å²) < 4.78 is 21.5. The standard InChI is InChI=1S/C27H29NO6/c1-15-24(27(30)34-5)25(16-10-11-22(32-3)23(14-16)33-4)26-19(28-15)12-17(13-20(26)29)18-8-6-7-9-21(18)31-2/h6-11,14,17,25,28H,12-13H2,1-5H3/t17-,25-/m1/s1. The SMILES string of the molecule is COC(=O)C1=C(C)NC2=C(C(=O)C[C@H](c3ccccc3OC)C2)[C@@H]1c1ccc(OC)c(OC)c1. The lowest BCUT2D eigenvalue weighted by atomic mass is 9.71. The number of carbonyl (C=O) groups excluding carboxylic acids is 2. The molecule has 7 heteroatoms. The molecule has 1 aliphatic carbocycles. The number of Topliss-reactive ketones (excluding diaryl/α,β-unsaturated/α-hetero) is 1. The molecule has 1 N–H and O–H groups in total. The minimum Gasteiger partial charge on any atom is -0.496 e. The number of hydrogen-bond acceptors (Lipinski definition) is 7. The van der Waals surface area contributed by atoms with E-state index in [4.69, 9.17) is 18.9 Å². The minimum absolute atomic E-state index is 0.0154. The van der Waals surface area contributed by atoms with E-state index in [9.17, 15) is 9.59 Å². The Bertz CT molecular complexity index is 1200. The van der Waals surface area contributed by atoms with Crippen LogP contribution in [0.4, 0.5) is 0 Å². The summed E-state index contributed by atoms with van der Waals surface area (Å²) in [5.74, 6) is 0.759. The molecule has 4 rings (SSSR count). The van der Waals surface area contributed by atoms with Crippen molar-refractivity contribution in [3.8, 4) is 17.2 Å². The number of rotatable bonds is 6. The first kappa shape index (κ1) is 23.4. The second-order valence-corrected chi connectivity index (χ2v) is 8.37. The van der Waals surface area contributed by atoms with Gasteiger partial charge in [-0.3, -0.25) is 4.79 Å². The van der Waals surface area contributed by atoms with Gasteiger partial charge in [-0.2, -0.15) is 0 Å². The van der Waals surface area contributed by atoms with Gasteiger partial charge in [-0.05, 0) is 42.7 Å². The molecular formula is C27H29NO6.